The summed E-state index contributed by atoms with van der Waals surface area (Å²) in [5.41, 5.74) is 0.887. The van der Waals surface area contributed by atoms with E-state index >= 15 is 0 Å². The molecule has 1 aromatic carbocycles. The van der Waals surface area contributed by atoms with Crippen LogP contribution in [0.15, 0.2) is 34.7 Å². The zero-order valence-corrected chi connectivity index (χ0v) is 11.6. The zero-order chi connectivity index (χ0) is 13.0. The van der Waals surface area contributed by atoms with E-state index < -0.39 is 10.8 Å². The molecule has 2 atom stereocenters. The maximum absolute atomic E-state index is 11.7. The quantitative estimate of drug-likeness (QED) is 0.873. The van der Waals surface area contributed by atoms with E-state index in [9.17, 15) is 4.21 Å². The lowest BCUT2D eigenvalue weighted by molar-refractivity contribution is 0.461. The lowest BCUT2D eigenvalue weighted by atomic mass is 10.2. The van der Waals surface area contributed by atoms with Crippen LogP contribution in [0, 0.1) is 0 Å². The fourth-order valence-corrected chi connectivity index (χ4v) is 2.86. The van der Waals surface area contributed by atoms with Gasteiger partial charge >= 0.3 is 0 Å². The van der Waals surface area contributed by atoms with Crippen molar-refractivity contribution in [2.24, 2.45) is 0 Å². The number of rotatable bonds is 6. The molecule has 4 heteroatoms. The van der Waals surface area contributed by atoms with Gasteiger partial charge in [-0.05, 0) is 18.7 Å². The summed E-state index contributed by atoms with van der Waals surface area (Å²) in [7, 11) is -0.803. The van der Waals surface area contributed by atoms with Gasteiger partial charge in [0.25, 0.3) is 0 Å². The first-order chi connectivity index (χ1) is 8.74. The van der Waals surface area contributed by atoms with E-state index in [4.69, 9.17) is 4.42 Å². The average Bonchev–Trinajstić information content (AvgIpc) is 2.81. The first kappa shape index (κ1) is 13.3. The molecule has 18 heavy (non-hydrogen) atoms. The van der Waals surface area contributed by atoms with Gasteiger partial charge < -0.3 is 9.73 Å². The Kier molecular flexibility index (Phi) is 4.55. The first-order valence-electron chi connectivity index (χ1n) is 6.31. The molecule has 0 radical (unpaired) electrons. The number of nitrogens with one attached hydrogen (secondary N) is 1. The van der Waals surface area contributed by atoms with Gasteiger partial charge in [0.15, 0.2) is 0 Å². The van der Waals surface area contributed by atoms with Crippen LogP contribution in [0.1, 0.15) is 25.6 Å². The van der Waals surface area contributed by atoms with Crippen molar-refractivity contribution in [1.82, 2.24) is 5.32 Å². The van der Waals surface area contributed by atoms with Crippen LogP contribution in [0.2, 0.25) is 0 Å². The molecule has 0 saturated heterocycles. The summed E-state index contributed by atoms with van der Waals surface area (Å²) >= 11 is 0. The van der Waals surface area contributed by atoms with E-state index in [0.29, 0.717) is 11.5 Å². The Balaban J connectivity index is 2.26. The third-order valence-corrected chi connectivity index (χ3v) is 4.26. The normalized spacial score (nSPS) is 14.8. The molecule has 98 valence electrons. The molecule has 1 N–H and O–H groups in total. The Bertz CT molecular complexity index is 502. The smallest absolute Gasteiger partial charge is 0.134 e. The molecule has 0 amide bonds. The van der Waals surface area contributed by atoms with E-state index in [0.717, 1.165) is 23.3 Å². The van der Waals surface area contributed by atoms with Crippen molar-refractivity contribution >= 4 is 21.8 Å². The second kappa shape index (κ2) is 6.16. The second-order valence-corrected chi connectivity index (χ2v) is 5.98. The third kappa shape index (κ3) is 3.00. The minimum atomic E-state index is -0.803. The van der Waals surface area contributed by atoms with Gasteiger partial charge in [-0.1, -0.05) is 32.0 Å². The van der Waals surface area contributed by atoms with Gasteiger partial charge in [0.05, 0.1) is 6.04 Å². The van der Waals surface area contributed by atoms with Crippen molar-refractivity contribution in [3.05, 3.63) is 36.1 Å². The topological polar surface area (TPSA) is 42.2 Å². The predicted octanol–water partition coefficient (Wildman–Crippen LogP) is 2.85. The van der Waals surface area contributed by atoms with Crippen LogP contribution in [0.4, 0.5) is 0 Å². The molecule has 1 heterocycles. The molecule has 1 aromatic heterocycles. The van der Waals surface area contributed by atoms with Gasteiger partial charge in [-0.25, -0.2) is 0 Å². The van der Waals surface area contributed by atoms with Crippen molar-refractivity contribution in [2.75, 3.05) is 18.1 Å². The maximum Gasteiger partial charge on any atom is 0.134 e. The van der Waals surface area contributed by atoms with Crippen molar-refractivity contribution in [1.29, 1.82) is 0 Å². The SMILES string of the molecule is CCNC(CS(=O)CC)c1cc2ccccc2o1. The molecular weight excluding hydrogens is 246 g/mol. The molecule has 0 bridgehead atoms. The van der Waals surface area contributed by atoms with Crippen molar-refractivity contribution in [3.8, 4) is 0 Å². The van der Waals surface area contributed by atoms with E-state index in [1.165, 1.54) is 0 Å². The Morgan fingerprint density at radius 1 is 1.33 bits per heavy atom. The summed E-state index contributed by atoms with van der Waals surface area (Å²) in [4.78, 5) is 0. The molecule has 0 aliphatic heterocycles. The molecule has 2 unspecified atom stereocenters. The van der Waals surface area contributed by atoms with E-state index in [-0.39, 0.29) is 6.04 Å². The summed E-state index contributed by atoms with van der Waals surface area (Å²) < 4.78 is 17.5. The van der Waals surface area contributed by atoms with Gasteiger partial charge in [-0.15, -0.1) is 0 Å². The summed E-state index contributed by atoms with van der Waals surface area (Å²) in [6.07, 6.45) is 0. The largest absolute Gasteiger partial charge is 0.459 e. The number of hydrogen-bond acceptors (Lipinski definition) is 3. The zero-order valence-electron chi connectivity index (χ0n) is 10.8. The number of hydrogen-bond donors (Lipinski definition) is 1. The van der Waals surface area contributed by atoms with Crippen LogP contribution < -0.4 is 5.32 Å². The molecule has 0 spiro atoms. The van der Waals surface area contributed by atoms with Crippen LogP contribution in [0.3, 0.4) is 0 Å². The Hall–Kier alpha value is -1.13. The molecule has 0 saturated carbocycles. The fourth-order valence-electron chi connectivity index (χ4n) is 1.97. The number of benzene rings is 1. The standard InChI is InChI=1S/C14H19NO2S/c1-3-15-12(10-18(16)4-2)14-9-11-7-5-6-8-13(11)17-14/h5-9,12,15H,3-4,10H2,1-2H3. The van der Waals surface area contributed by atoms with Crippen molar-refractivity contribution in [2.45, 2.75) is 19.9 Å². The monoisotopic (exact) mass is 265 g/mol. The first-order valence-corrected chi connectivity index (χ1v) is 7.80. The van der Waals surface area contributed by atoms with Gasteiger partial charge in [0.1, 0.15) is 11.3 Å². The Morgan fingerprint density at radius 2 is 2.11 bits per heavy atom. The molecule has 3 nitrogen and oxygen atoms in total. The highest BCUT2D eigenvalue weighted by Gasteiger charge is 2.17. The lowest BCUT2D eigenvalue weighted by Crippen LogP contribution is -2.26. The van der Waals surface area contributed by atoms with E-state index in [1.54, 1.807) is 0 Å². The Morgan fingerprint density at radius 3 is 2.78 bits per heavy atom. The lowest BCUT2D eigenvalue weighted by Gasteiger charge is -2.14. The summed E-state index contributed by atoms with van der Waals surface area (Å²) in [6, 6.07) is 10.0. The van der Waals surface area contributed by atoms with Crippen LogP contribution in [-0.4, -0.2) is 22.3 Å². The average molecular weight is 265 g/mol. The molecule has 2 aromatic rings. The van der Waals surface area contributed by atoms with Gasteiger partial charge in [0.2, 0.25) is 0 Å². The van der Waals surface area contributed by atoms with Crippen molar-refractivity contribution in [3.63, 3.8) is 0 Å². The van der Waals surface area contributed by atoms with Crippen LogP contribution >= 0.6 is 0 Å². The molecule has 0 aliphatic rings. The highest BCUT2D eigenvalue weighted by Crippen LogP contribution is 2.24. The van der Waals surface area contributed by atoms with Gasteiger partial charge in [0, 0.05) is 27.7 Å². The van der Waals surface area contributed by atoms with Crippen LogP contribution in [-0.2, 0) is 10.8 Å². The number of para-hydroxylation sites is 1. The summed E-state index contributed by atoms with van der Waals surface area (Å²) in [5, 5.41) is 4.43. The molecule has 0 fully saturated rings. The van der Waals surface area contributed by atoms with Crippen LogP contribution in [0.5, 0.6) is 0 Å². The third-order valence-electron chi connectivity index (χ3n) is 2.91. The second-order valence-electron chi connectivity index (χ2n) is 4.19. The fraction of sp³-hybridized carbons (Fsp3) is 0.429. The Labute approximate surface area is 110 Å². The minimum Gasteiger partial charge on any atom is -0.459 e. The summed E-state index contributed by atoms with van der Waals surface area (Å²) in [5.74, 6) is 2.16. The molecule has 2 rings (SSSR count). The van der Waals surface area contributed by atoms with Crippen LogP contribution in [0.25, 0.3) is 11.0 Å². The van der Waals surface area contributed by atoms with E-state index in [2.05, 4.69) is 5.32 Å². The predicted molar refractivity (Wildman–Crippen MR) is 76.2 cm³/mol. The van der Waals surface area contributed by atoms with Gasteiger partial charge in [-0.2, -0.15) is 0 Å². The highest BCUT2D eigenvalue weighted by molar-refractivity contribution is 7.84. The maximum atomic E-state index is 11.7. The minimum absolute atomic E-state index is 0.0307. The van der Waals surface area contributed by atoms with E-state index in [1.807, 2.05) is 44.2 Å². The number of furan rings is 1. The molecular formula is C14H19NO2S. The number of fused-ring (bicyclic) bond motifs is 1. The molecule has 0 aliphatic carbocycles. The summed E-state index contributed by atoms with van der Waals surface area (Å²) in [6.45, 7) is 4.82. The van der Waals surface area contributed by atoms with Gasteiger partial charge in [-0.3, -0.25) is 4.21 Å². The highest BCUT2D eigenvalue weighted by atomic mass is 32.2. The van der Waals surface area contributed by atoms with Crippen molar-refractivity contribution < 1.29 is 8.63 Å².